The van der Waals surface area contributed by atoms with E-state index in [1.54, 1.807) is 34.4 Å². The third kappa shape index (κ3) is 7.95. The molecule has 1 fully saturated rings. The van der Waals surface area contributed by atoms with Crippen LogP contribution >= 0.6 is 9.24 Å². The molecule has 0 saturated carbocycles. The van der Waals surface area contributed by atoms with Crippen molar-refractivity contribution in [2.45, 2.75) is 71.6 Å². The summed E-state index contributed by atoms with van der Waals surface area (Å²) in [5.74, 6) is -3.39. The smallest absolute Gasteiger partial charge is 0.336 e. The number of benzene rings is 1. The number of nitrogens with one attached hydrogen (secondary N) is 3. The second kappa shape index (κ2) is 14.2. The fourth-order valence-electron chi connectivity index (χ4n) is 4.80. The SMILES string of the molecule is CC(=N/C(C(N)=O)=C1/Nc2ccc(N)c(C=N)c2C1C)C1=CN(C(F)(F)P)CC=C1NC1CCOCC1.CCC(C)C. The molecule has 2 atom stereocenters. The molecule has 42 heavy (non-hydrogen) atoms. The number of hydrogen-bond acceptors (Lipinski definition) is 8. The molecular weight excluding hydrogens is 559 g/mol. The molecule has 3 heterocycles. The van der Waals surface area contributed by atoms with Gasteiger partial charge in [-0.1, -0.05) is 34.1 Å². The first-order chi connectivity index (χ1) is 19.8. The number of aliphatic imine (C=N–C) groups is 1. The number of carbonyl (C=O) groups is 1. The number of rotatable bonds is 8. The number of halogens is 2. The van der Waals surface area contributed by atoms with Crippen LogP contribution in [-0.2, 0) is 9.53 Å². The van der Waals surface area contributed by atoms with Crippen LogP contribution in [0, 0.1) is 11.3 Å². The first-order valence-corrected chi connectivity index (χ1v) is 14.9. The van der Waals surface area contributed by atoms with Gasteiger partial charge in [0, 0.05) is 78.1 Å². The number of primary amides is 1. The zero-order chi connectivity index (χ0) is 31.2. The summed E-state index contributed by atoms with van der Waals surface area (Å²) in [5.41, 5.74) is 16.2. The van der Waals surface area contributed by atoms with E-state index < -0.39 is 11.7 Å². The minimum absolute atomic E-state index is 0.00429. The highest BCUT2D eigenvalue weighted by Gasteiger charge is 2.33. The summed E-state index contributed by atoms with van der Waals surface area (Å²) in [6.45, 7) is 11.4. The highest BCUT2D eigenvalue weighted by atomic mass is 31.0. The van der Waals surface area contributed by atoms with Gasteiger partial charge < -0.3 is 37.1 Å². The Morgan fingerprint density at radius 2 is 2.00 bits per heavy atom. The number of carbonyl (C=O) groups excluding carboxylic acids is 1. The van der Waals surface area contributed by atoms with Crippen LogP contribution in [0.15, 0.2) is 52.1 Å². The number of nitrogens with two attached hydrogens (primary N) is 2. The van der Waals surface area contributed by atoms with E-state index in [0.29, 0.717) is 52.8 Å². The summed E-state index contributed by atoms with van der Waals surface area (Å²) in [6, 6.07) is 3.59. The highest BCUT2D eigenvalue weighted by Crippen LogP contribution is 2.43. The maximum absolute atomic E-state index is 14.2. The Morgan fingerprint density at radius 1 is 1.36 bits per heavy atom. The molecule has 230 valence electrons. The predicted octanol–water partition coefficient (Wildman–Crippen LogP) is 5.28. The van der Waals surface area contributed by atoms with Crippen LogP contribution in [0.1, 0.15) is 70.9 Å². The molecule has 0 aliphatic carbocycles. The first kappa shape index (κ1) is 33.2. The molecule has 1 aromatic carbocycles. The fourth-order valence-corrected chi connectivity index (χ4v) is 4.98. The van der Waals surface area contributed by atoms with Crippen molar-refractivity contribution in [3.8, 4) is 0 Å². The minimum Gasteiger partial charge on any atom is -0.398 e. The number of fused-ring (bicyclic) bond motifs is 1. The van der Waals surface area contributed by atoms with E-state index >= 15 is 0 Å². The largest absolute Gasteiger partial charge is 0.398 e. The van der Waals surface area contributed by atoms with Crippen LogP contribution in [0.2, 0.25) is 0 Å². The van der Waals surface area contributed by atoms with Crippen molar-refractivity contribution in [2.24, 2.45) is 16.6 Å². The lowest BCUT2D eigenvalue weighted by Crippen LogP contribution is -2.40. The van der Waals surface area contributed by atoms with Crippen LogP contribution in [0.4, 0.5) is 20.2 Å². The Kier molecular flexibility index (Phi) is 11.3. The number of anilines is 2. The molecule has 1 saturated heterocycles. The molecule has 2 unspecified atom stereocenters. The lowest BCUT2D eigenvalue weighted by molar-refractivity contribution is -0.114. The molecule has 1 amide bonds. The van der Waals surface area contributed by atoms with Crippen molar-refractivity contribution in [2.75, 3.05) is 30.8 Å². The zero-order valence-corrected chi connectivity index (χ0v) is 26.2. The van der Waals surface area contributed by atoms with Gasteiger partial charge in [0.05, 0.1) is 5.70 Å². The summed E-state index contributed by atoms with van der Waals surface area (Å²) in [4.78, 5) is 18.1. The maximum Gasteiger partial charge on any atom is 0.336 e. The zero-order valence-electron chi connectivity index (χ0n) is 25.1. The standard InChI is InChI=1S/C25H32F2N7O2P.C5H12/c1-13-21-16(11-28)18(29)3-4-20(21)33-22(13)23(24(30)35)31-14(2)17-12-34(25(26,27)37)8-5-19(17)32-15-6-9-36-10-7-15;1-4-5(2)3/h3-5,11-13,15,28,32-33H,6-10,29,37H2,1-2H3,(H2,30,35);5H,4H2,1-3H3/b23-22+,28-11?,31-14?;. The van der Waals surface area contributed by atoms with Gasteiger partial charge in [0.1, 0.15) is 5.70 Å². The minimum atomic E-state index is -3.16. The monoisotopic (exact) mass is 603 g/mol. The molecule has 3 aliphatic heterocycles. The van der Waals surface area contributed by atoms with E-state index in [-0.39, 0.29) is 24.2 Å². The molecule has 9 nitrogen and oxygen atoms in total. The molecule has 12 heteroatoms. The number of ether oxygens (including phenoxy) is 1. The van der Waals surface area contributed by atoms with E-state index in [9.17, 15) is 13.6 Å². The van der Waals surface area contributed by atoms with E-state index in [4.69, 9.17) is 21.6 Å². The normalized spacial score (nSPS) is 20.5. The molecule has 1 aromatic rings. The van der Waals surface area contributed by atoms with Crippen molar-refractivity contribution in [1.82, 2.24) is 10.2 Å². The van der Waals surface area contributed by atoms with Crippen LogP contribution in [0.25, 0.3) is 0 Å². The number of nitrogens with zero attached hydrogens (tertiary/aromatic N) is 2. The maximum atomic E-state index is 14.2. The third-order valence-electron chi connectivity index (χ3n) is 7.61. The average Bonchev–Trinajstić information content (AvgIpc) is 3.27. The van der Waals surface area contributed by atoms with Gasteiger partial charge in [-0.2, -0.15) is 8.78 Å². The topological polar surface area (TPSA) is 142 Å². The van der Waals surface area contributed by atoms with Gasteiger partial charge in [-0.05, 0) is 58.7 Å². The van der Waals surface area contributed by atoms with Gasteiger partial charge in [0.15, 0.2) is 0 Å². The van der Waals surface area contributed by atoms with Gasteiger partial charge in [-0.3, -0.25) is 4.79 Å². The second-order valence-corrected chi connectivity index (χ2v) is 11.8. The summed E-state index contributed by atoms with van der Waals surface area (Å²) in [7, 11) is 1.54. The number of hydrogen-bond donors (Lipinski definition) is 5. The number of alkyl halides is 2. The van der Waals surface area contributed by atoms with Crippen LogP contribution in [-0.4, -0.2) is 54.3 Å². The third-order valence-corrected chi connectivity index (χ3v) is 7.94. The van der Waals surface area contributed by atoms with Gasteiger partial charge >= 0.3 is 5.79 Å². The Bertz CT molecular complexity index is 1300. The molecule has 0 bridgehead atoms. The van der Waals surface area contributed by atoms with Gasteiger partial charge in [-0.15, -0.1) is 0 Å². The Labute approximate surface area is 249 Å². The van der Waals surface area contributed by atoms with E-state index in [1.807, 2.05) is 6.92 Å². The van der Waals surface area contributed by atoms with Crippen molar-refractivity contribution in [1.29, 1.82) is 5.41 Å². The Hall–Kier alpha value is -3.30. The van der Waals surface area contributed by atoms with Crippen LogP contribution in [0.5, 0.6) is 0 Å². The van der Waals surface area contributed by atoms with Gasteiger partial charge in [0.25, 0.3) is 5.91 Å². The molecule has 4 rings (SSSR count). The van der Waals surface area contributed by atoms with E-state index in [2.05, 4.69) is 36.4 Å². The van der Waals surface area contributed by atoms with Crippen molar-refractivity contribution >= 4 is 38.4 Å². The summed E-state index contributed by atoms with van der Waals surface area (Å²) < 4.78 is 33.8. The number of allylic oxidation sites excluding steroid dienone is 2. The Balaban J connectivity index is 0.000000892. The highest BCUT2D eigenvalue weighted by molar-refractivity contribution is 7.18. The van der Waals surface area contributed by atoms with Crippen molar-refractivity contribution in [3.05, 3.63) is 58.2 Å². The summed E-state index contributed by atoms with van der Waals surface area (Å²) in [6.07, 6.45) is 7.12. The quantitative estimate of drug-likeness (QED) is 0.0900. The van der Waals surface area contributed by atoms with Crippen molar-refractivity contribution in [3.63, 3.8) is 0 Å². The molecule has 0 radical (unpaired) electrons. The van der Waals surface area contributed by atoms with Crippen LogP contribution in [0.3, 0.4) is 0 Å². The average molecular weight is 604 g/mol. The lowest BCUT2D eigenvalue weighted by atomic mass is 9.94. The molecule has 0 aromatic heterocycles. The number of amides is 1. The van der Waals surface area contributed by atoms with E-state index in [0.717, 1.165) is 29.2 Å². The van der Waals surface area contributed by atoms with Crippen molar-refractivity contribution < 1.29 is 18.3 Å². The van der Waals surface area contributed by atoms with Gasteiger partial charge in [0.2, 0.25) is 0 Å². The number of nitrogen functional groups attached to an aromatic ring is 1. The molecule has 0 spiro atoms. The second-order valence-electron chi connectivity index (χ2n) is 11.1. The lowest BCUT2D eigenvalue weighted by Gasteiger charge is -2.33. The Morgan fingerprint density at radius 3 is 2.55 bits per heavy atom. The molecule has 3 aliphatic rings. The van der Waals surface area contributed by atoms with Gasteiger partial charge in [-0.25, -0.2) is 4.99 Å². The molecule has 7 N–H and O–H groups in total. The molecular formula is C30H44F2N7O2P. The van der Waals surface area contributed by atoms with E-state index in [1.165, 1.54) is 18.8 Å². The summed E-state index contributed by atoms with van der Waals surface area (Å²) in [5, 5.41) is 14.4. The first-order valence-electron chi connectivity index (χ1n) is 14.3. The van der Waals surface area contributed by atoms with Crippen LogP contribution < -0.4 is 22.1 Å². The predicted molar refractivity (Wildman–Crippen MR) is 170 cm³/mol. The summed E-state index contributed by atoms with van der Waals surface area (Å²) >= 11 is 0. The fraction of sp³-hybridized carbons (Fsp3) is 0.500.